The maximum atomic E-state index is 11.6. The molecule has 1 aromatic carbocycles. The first-order chi connectivity index (χ1) is 11.4. The Kier molecular flexibility index (Phi) is 5.48. The van der Waals surface area contributed by atoms with Crippen LogP contribution >= 0.6 is 15.9 Å². The van der Waals surface area contributed by atoms with E-state index in [-0.39, 0.29) is 12.3 Å². The van der Waals surface area contributed by atoms with Gasteiger partial charge < -0.3 is 9.72 Å². The third-order valence-electron chi connectivity index (χ3n) is 2.89. The summed E-state index contributed by atoms with van der Waals surface area (Å²) in [5, 5.41) is 11.0. The van der Waals surface area contributed by atoms with Crippen LogP contribution in [0.25, 0.3) is 12.2 Å². The summed E-state index contributed by atoms with van der Waals surface area (Å²) in [6, 6.07) is 5.21. The molecule has 0 saturated carbocycles. The second kappa shape index (κ2) is 7.55. The molecule has 0 spiro atoms. The van der Waals surface area contributed by atoms with Gasteiger partial charge in [-0.05, 0) is 30.4 Å². The second-order valence-corrected chi connectivity index (χ2v) is 5.46. The molecule has 1 aromatic heterocycles. The number of hydrogen-bond donors (Lipinski definition) is 2. The molecule has 124 valence electrons. The van der Waals surface area contributed by atoms with Crippen LogP contribution in [0.2, 0.25) is 0 Å². The molecular formula is C15H12BrN3O5. The first kappa shape index (κ1) is 17.4. The molecule has 0 bridgehead atoms. The normalized spacial score (nSPS) is 10.7. The van der Waals surface area contributed by atoms with Gasteiger partial charge >= 0.3 is 16.9 Å². The molecule has 8 nitrogen and oxygen atoms in total. The number of rotatable bonds is 6. The van der Waals surface area contributed by atoms with Gasteiger partial charge in [-0.1, -0.05) is 28.6 Å². The van der Waals surface area contributed by atoms with Crippen LogP contribution in [0.15, 0.2) is 44.9 Å². The largest absolute Gasteiger partial charge is 0.489 e. The average Bonchev–Trinajstić information content (AvgIpc) is 2.50. The van der Waals surface area contributed by atoms with Crippen molar-refractivity contribution >= 4 is 33.8 Å². The van der Waals surface area contributed by atoms with E-state index in [2.05, 4.69) is 27.5 Å². The van der Waals surface area contributed by atoms with E-state index in [1.165, 1.54) is 12.2 Å². The highest BCUT2D eigenvalue weighted by Gasteiger charge is 2.18. The fraction of sp³-hybridized carbons (Fsp3) is 0.0667. The van der Waals surface area contributed by atoms with Crippen molar-refractivity contribution in [2.75, 3.05) is 6.61 Å². The van der Waals surface area contributed by atoms with Crippen molar-refractivity contribution in [3.8, 4) is 5.75 Å². The molecule has 2 rings (SSSR count). The fourth-order valence-corrected chi connectivity index (χ4v) is 2.28. The highest BCUT2D eigenvalue weighted by atomic mass is 79.9. The number of hydrogen-bond acceptors (Lipinski definition) is 5. The Morgan fingerprint density at radius 2 is 2.04 bits per heavy atom. The Labute approximate surface area is 143 Å². The first-order valence-electron chi connectivity index (χ1n) is 6.64. The van der Waals surface area contributed by atoms with Crippen LogP contribution in [-0.4, -0.2) is 21.5 Å². The zero-order chi connectivity index (χ0) is 17.7. The first-order valence-corrected chi connectivity index (χ1v) is 7.44. The maximum absolute atomic E-state index is 11.6. The molecule has 0 aliphatic rings. The van der Waals surface area contributed by atoms with Crippen molar-refractivity contribution in [3.63, 3.8) is 0 Å². The highest BCUT2D eigenvalue weighted by Crippen LogP contribution is 2.25. The topological polar surface area (TPSA) is 118 Å². The summed E-state index contributed by atoms with van der Waals surface area (Å²) in [4.78, 5) is 37.1. The summed E-state index contributed by atoms with van der Waals surface area (Å²) in [6.07, 6.45) is 4.35. The molecule has 0 aliphatic carbocycles. The Morgan fingerprint density at radius 3 is 2.71 bits per heavy atom. The average molecular weight is 394 g/mol. The van der Waals surface area contributed by atoms with Crippen molar-refractivity contribution in [2.45, 2.75) is 0 Å². The second-order valence-electron chi connectivity index (χ2n) is 4.54. The van der Waals surface area contributed by atoms with Crippen LogP contribution in [0.4, 0.5) is 5.69 Å². The Balaban J connectivity index is 2.50. The number of H-pyrrole nitrogens is 2. The van der Waals surface area contributed by atoms with E-state index in [1.54, 1.807) is 24.3 Å². The monoisotopic (exact) mass is 393 g/mol. The van der Waals surface area contributed by atoms with E-state index >= 15 is 0 Å². The Morgan fingerprint density at radius 1 is 1.29 bits per heavy atom. The lowest BCUT2D eigenvalue weighted by molar-refractivity contribution is -0.386. The van der Waals surface area contributed by atoms with E-state index in [0.717, 1.165) is 4.47 Å². The molecule has 0 radical (unpaired) electrons. The predicted molar refractivity (Wildman–Crippen MR) is 93.1 cm³/mol. The molecule has 0 atom stereocenters. The number of nitro groups is 1. The maximum Gasteiger partial charge on any atom is 0.357 e. The highest BCUT2D eigenvalue weighted by molar-refractivity contribution is 9.10. The summed E-state index contributed by atoms with van der Waals surface area (Å²) in [7, 11) is 0. The summed E-state index contributed by atoms with van der Waals surface area (Å²) in [5.74, 6) is 0.518. The van der Waals surface area contributed by atoms with Crippen molar-refractivity contribution < 1.29 is 9.66 Å². The van der Waals surface area contributed by atoms with Crippen LogP contribution < -0.4 is 16.0 Å². The van der Waals surface area contributed by atoms with Crippen LogP contribution in [-0.2, 0) is 0 Å². The molecule has 1 heterocycles. The van der Waals surface area contributed by atoms with Crippen molar-refractivity contribution in [3.05, 3.63) is 77.5 Å². The van der Waals surface area contributed by atoms with Gasteiger partial charge in [0.1, 0.15) is 18.1 Å². The van der Waals surface area contributed by atoms with Gasteiger partial charge in [0.25, 0.3) is 0 Å². The zero-order valence-electron chi connectivity index (χ0n) is 12.2. The summed E-state index contributed by atoms with van der Waals surface area (Å²) in [5.41, 5.74) is -2.25. The molecular weight excluding hydrogens is 382 g/mol. The van der Waals surface area contributed by atoms with E-state index in [0.29, 0.717) is 11.3 Å². The molecule has 0 aliphatic heterocycles. The minimum atomic E-state index is -1.07. The number of ether oxygens (including phenoxy) is 1. The van der Waals surface area contributed by atoms with Crippen LogP contribution in [0.5, 0.6) is 5.75 Å². The van der Waals surface area contributed by atoms with E-state index in [4.69, 9.17) is 4.74 Å². The predicted octanol–water partition coefficient (Wildman–Crippen LogP) is 2.47. The van der Waals surface area contributed by atoms with Gasteiger partial charge in [-0.3, -0.25) is 19.9 Å². The fourth-order valence-electron chi connectivity index (χ4n) is 1.90. The number of aromatic amines is 2. The van der Waals surface area contributed by atoms with Gasteiger partial charge in [0.05, 0.1) is 4.92 Å². The van der Waals surface area contributed by atoms with Gasteiger partial charge in [0.15, 0.2) is 0 Å². The summed E-state index contributed by atoms with van der Waals surface area (Å²) in [6.45, 7) is 3.84. The van der Waals surface area contributed by atoms with Crippen LogP contribution in [0.3, 0.4) is 0 Å². The molecule has 0 fully saturated rings. The molecule has 2 N–H and O–H groups in total. The number of halogens is 1. The van der Waals surface area contributed by atoms with E-state index in [9.17, 15) is 19.7 Å². The third kappa shape index (κ3) is 4.07. The minimum Gasteiger partial charge on any atom is -0.489 e. The van der Waals surface area contributed by atoms with Crippen molar-refractivity contribution in [2.24, 2.45) is 0 Å². The lowest BCUT2D eigenvalue weighted by Gasteiger charge is -2.07. The van der Waals surface area contributed by atoms with E-state index in [1.807, 2.05) is 4.98 Å². The van der Waals surface area contributed by atoms with Crippen LogP contribution in [0.1, 0.15) is 11.3 Å². The smallest absolute Gasteiger partial charge is 0.357 e. The molecule has 0 unspecified atom stereocenters. The molecule has 2 aromatic rings. The lowest BCUT2D eigenvalue weighted by Crippen LogP contribution is -2.25. The zero-order valence-corrected chi connectivity index (χ0v) is 13.8. The molecule has 9 heteroatoms. The third-order valence-corrected chi connectivity index (χ3v) is 3.38. The van der Waals surface area contributed by atoms with Gasteiger partial charge in [-0.15, -0.1) is 0 Å². The molecule has 0 amide bonds. The lowest BCUT2D eigenvalue weighted by atomic mass is 10.1. The number of nitrogens with one attached hydrogen (secondary N) is 2. The molecule has 24 heavy (non-hydrogen) atoms. The quantitative estimate of drug-likeness (QED) is 0.443. The van der Waals surface area contributed by atoms with E-state index < -0.39 is 21.9 Å². The summed E-state index contributed by atoms with van der Waals surface area (Å²) >= 11 is 3.32. The SMILES string of the molecule is C=CCOc1ccc(Br)cc1C=Cc1[nH]c(=O)[nH]c(=O)c1[N+](=O)[O-]. The van der Waals surface area contributed by atoms with Gasteiger partial charge in [0.2, 0.25) is 0 Å². The minimum absolute atomic E-state index is 0.205. The van der Waals surface area contributed by atoms with Gasteiger partial charge in [-0.25, -0.2) is 4.79 Å². The van der Waals surface area contributed by atoms with Crippen molar-refractivity contribution in [1.82, 2.24) is 9.97 Å². The van der Waals surface area contributed by atoms with Gasteiger partial charge in [0, 0.05) is 10.0 Å². The summed E-state index contributed by atoms with van der Waals surface area (Å²) < 4.78 is 6.26. The Hall–Kier alpha value is -2.94. The number of benzene rings is 1. The number of aromatic nitrogens is 2. The number of nitrogens with zero attached hydrogens (tertiary/aromatic N) is 1. The molecule has 0 saturated heterocycles. The Bertz CT molecular complexity index is 929. The van der Waals surface area contributed by atoms with Gasteiger partial charge in [-0.2, -0.15) is 0 Å². The standard InChI is InChI=1S/C15H12BrN3O5/c1-2-7-24-12-6-4-10(16)8-9(12)3-5-11-13(19(22)23)14(20)18-15(21)17-11/h2-6,8H,1,7H2,(H2,17,18,20,21). The van der Waals surface area contributed by atoms with Crippen LogP contribution in [0, 0.1) is 10.1 Å². The van der Waals surface area contributed by atoms with Crippen molar-refractivity contribution in [1.29, 1.82) is 0 Å².